The van der Waals surface area contributed by atoms with Gasteiger partial charge in [-0.25, -0.2) is 4.98 Å². The Labute approximate surface area is 202 Å². The van der Waals surface area contributed by atoms with Crippen LogP contribution in [0, 0.1) is 5.41 Å². The highest BCUT2D eigenvalue weighted by Crippen LogP contribution is 2.36. The Hall–Kier alpha value is -2.83. The van der Waals surface area contributed by atoms with Gasteiger partial charge in [-0.1, -0.05) is 38.5 Å². The molecule has 1 atom stereocenters. The molecule has 0 saturated carbocycles. The predicted octanol–water partition coefficient (Wildman–Crippen LogP) is 3.93. The number of para-hydroxylation sites is 1. The topological polar surface area (TPSA) is 76.5 Å². The van der Waals surface area contributed by atoms with E-state index in [-0.39, 0.29) is 11.8 Å². The number of ether oxygens (including phenoxy) is 1. The SMILES string of the molecule is CC(C)c1nccn1CCC(=O)N1CCCC2(CCCCc3ccccc3OCCNC2=O)C1. The molecule has 7 heteroatoms. The van der Waals surface area contributed by atoms with Crippen molar-refractivity contribution in [1.29, 1.82) is 0 Å². The first kappa shape index (κ1) is 24.3. The van der Waals surface area contributed by atoms with Gasteiger partial charge in [0.1, 0.15) is 18.2 Å². The standard InChI is InChI=1S/C27H38N4O3/c1-21(2)25-28-14-18-30(25)17-11-24(32)31-16-7-13-27(20-31)12-6-5-9-22-8-3-4-10-23(22)34-19-15-29-26(27)33/h3-4,8,10,14,18,21H,5-7,9,11-13,15-17,19-20H2,1-2H3,(H,29,33). The number of rotatable bonds is 4. The second-order valence-corrected chi connectivity index (χ2v) is 10.0. The highest BCUT2D eigenvalue weighted by atomic mass is 16.5. The molecule has 1 saturated heterocycles. The molecule has 0 aliphatic carbocycles. The molecular weight excluding hydrogens is 428 g/mol. The summed E-state index contributed by atoms with van der Waals surface area (Å²) in [5.41, 5.74) is 0.717. The van der Waals surface area contributed by atoms with Crippen LogP contribution in [0.4, 0.5) is 0 Å². The third-order valence-corrected chi connectivity index (χ3v) is 7.21. The van der Waals surface area contributed by atoms with E-state index in [1.807, 2.05) is 23.2 Å². The molecule has 3 heterocycles. The first-order valence-corrected chi connectivity index (χ1v) is 12.8. The van der Waals surface area contributed by atoms with Crippen LogP contribution in [0.5, 0.6) is 5.75 Å². The summed E-state index contributed by atoms with van der Waals surface area (Å²) in [5.74, 6) is 2.43. The fraction of sp³-hybridized carbons (Fsp3) is 0.593. The van der Waals surface area contributed by atoms with Gasteiger partial charge in [-0.15, -0.1) is 0 Å². The van der Waals surface area contributed by atoms with Crippen LogP contribution in [-0.4, -0.2) is 52.5 Å². The number of carbonyl (C=O) groups is 2. The molecule has 2 aromatic rings. The van der Waals surface area contributed by atoms with Gasteiger partial charge >= 0.3 is 0 Å². The molecule has 4 rings (SSSR count). The molecule has 1 aromatic carbocycles. The van der Waals surface area contributed by atoms with E-state index in [0.29, 0.717) is 38.6 Å². The Kier molecular flexibility index (Phi) is 7.91. The summed E-state index contributed by atoms with van der Waals surface area (Å²) in [5, 5.41) is 3.11. The lowest BCUT2D eigenvalue weighted by molar-refractivity contribution is -0.142. The number of aryl methyl sites for hydroxylation is 2. The van der Waals surface area contributed by atoms with E-state index in [0.717, 1.165) is 56.6 Å². The average molecular weight is 467 g/mol. The number of aromatic nitrogens is 2. The van der Waals surface area contributed by atoms with E-state index in [9.17, 15) is 9.59 Å². The monoisotopic (exact) mass is 466 g/mol. The van der Waals surface area contributed by atoms with Crippen molar-refractivity contribution in [3.63, 3.8) is 0 Å². The summed E-state index contributed by atoms with van der Waals surface area (Å²) in [6.45, 7) is 7.01. The number of likely N-dealkylation sites (tertiary alicyclic amines) is 1. The zero-order valence-electron chi connectivity index (χ0n) is 20.6. The van der Waals surface area contributed by atoms with E-state index >= 15 is 0 Å². The smallest absolute Gasteiger partial charge is 0.228 e. The summed E-state index contributed by atoms with van der Waals surface area (Å²) in [6.07, 6.45) is 9.58. The third-order valence-electron chi connectivity index (χ3n) is 7.21. The van der Waals surface area contributed by atoms with Crippen molar-refractivity contribution in [2.24, 2.45) is 5.41 Å². The predicted molar refractivity (Wildman–Crippen MR) is 132 cm³/mol. The molecule has 0 radical (unpaired) electrons. The van der Waals surface area contributed by atoms with Crippen LogP contribution in [0.1, 0.15) is 69.7 Å². The quantitative estimate of drug-likeness (QED) is 0.741. The van der Waals surface area contributed by atoms with Gasteiger partial charge in [0, 0.05) is 44.4 Å². The van der Waals surface area contributed by atoms with Gasteiger partial charge in [0.05, 0.1) is 12.0 Å². The molecule has 1 unspecified atom stereocenters. The lowest BCUT2D eigenvalue weighted by atomic mass is 9.74. The summed E-state index contributed by atoms with van der Waals surface area (Å²) < 4.78 is 8.02. The van der Waals surface area contributed by atoms with Crippen LogP contribution < -0.4 is 10.1 Å². The summed E-state index contributed by atoms with van der Waals surface area (Å²) in [7, 11) is 0. The first-order valence-electron chi connectivity index (χ1n) is 12.8. The molecule has 2 aliphatic rings. The number of nitrogens with one attached hydrogen (secondary N) is 1. The highest BCUT2D eigenvalue weighted by molar-refractivity contribution is 5.84. The van der Waals surface area contributed by atoms with Crippen molar-refractivity contribution in [2.75, 3.05) is 26.2 Å². The molecule has 7 nitrogen and oxygen atoms in total. The van der Waals surface area contributed by atoms with Crippen molar-refractivity contribution in [3.8, 4) is 5.75 Å². The van der Waals surface area contributed by atoms with Gasteiger partial charge in [0.25, 0.3) is 0 Å². The number of amides is 2. The van der Waals surface area contributed by atoms with Crippen molar-refractivity contribution in [2.45, 2.75) is 71.3 Å². The Bertz CT molecular complexity index is 986. The van der Waals surface area contributed by atoms with Gasteiger partial charge in [0.15, 0.2) is 0 Å². The van der Waals surface area contributed by atoms with Gasteiger partial charge in [-0.3, -0.25) is 9.59 Å². The minimum atomic E-state index is -0.509. The van der Waals surface area contributed by atoms with Gasteiger partial charge < -0.3 is 19.5 Å². The maximum atomic E-state index is 13.4. The Morgan fingerprint density at radius 3 is 2.88 bits per heavy atom. The van der Waals surface area contributed by atoms with E-state index in [1.54, 1.807) is 6.20 Å². The van der Waals surface area contributed by atoms with E-state index in [1.165, 1.54) is 5.56 Å². The molecule has 1 fully saturated rings. The number of hydrogen-bond acceptors (Lipinski definition) is 4. The zero-order valence-corrected chi connectivity index (χ0v) is 20.6. The Balaban J connectivity index is 1.40. The normalized spacial score (nSPS) is 21.9. The molecular formula is C27H38N4O3. The largest absolute Gasteiger partial charge is 0.491 e. The fourth-order valence-corrected chi connectivity index (χ4v) is 5.38. The zero-order chi connectivity index (χ0) is 24.0. The van der Waals surface area contributed by atoms with Crippen molar-refractivity contribution in [3.05, 3.63) is 48.0 Å². The Morgan fingerprint density at radius 2 is 2.03 bits per heavy atom. The second kappa shape index (κ2) is 11.1. The fourth-order valence-electron chi connectivity index (χ4n) is 5.38. The lowest BCUT2D eigenvalue weighted by Crippen LogP contribution is -2.54. The molecule has 0 bridgehead atoms. The van der Waals surface area contributed by atoms with Crippen LogP contribution >= 0.6 is 0 Å². The molecule has 184 valence electrons. The molecule has 1 aromatic heterocycles. The molecule has 2 amide bonds. The minimum Gasteiger partial charge on any atom is -0.491 e. The van der Waals surface area contributed by atoms with Crippen molar-refractivity contribution >= 4 is 11.8 Å². The number of benzene rings is 1. The van der Waals surface area contributed by atoms with E-state index < -0.39 is 5.41 Å². The summed E-state index contributed by atoms with van der Waals surface area (Å²) >= 11 is 0. The van der Waals surface area contributed by atoms with Crippen LogP contribution in [0.15, 0.2) is 36.7 Å². The number of imidazole rings is 1. The van der Waals surface area contributed by atoms with Gasteiger partial charge in [-0.05, 0) is 43.7 Å². The number of piperidine rings is 1. The lowest BCUT2D eigenvalue weighted by Gasteiger charge is -2.42. The number of nitrogens with zero attached hydrogens (tertiary/aromatic N) is 3. The molecule has 34 heavy (non-hydrogen) atoms. The number of carbonyl (C=O) groups excluding carboxylic acids is 2. The average Bonchev–Trinajstić information content (AvgIpc) is 3.32. The van der Waals surface area contributed by atoms with Crippen LogP contribution in [0.3, 0.4) is 0 Å². The second-order valence-electron chi connectivity index (χ2n) is 10.0. The molecule has 1 spiro atoms. The van der Waals surface area contributed by atoms with E-state index in [2.05, 4.69) is 40.8 Å². The molecule has 1 N–H and O–H groups in total. The van der Waals surface area contributed by atoms with Crippen LogP contribution in [0.25, 0.3) is 0 Å². The summed E-state index contributed by atoms with van der Waals surface area (Å²) in [4.78, 5) is 32.9. The number of fused-ring (bicyclic) bond motifs is 1. The summed E-state index contributed by atoms with van der Waals surface area (Å²) in [6, 6.07) is 8.17. The van der Waals surface area contributed by atoms with Crippen molar-refractivity contribution < 1.29 is 14.3 Å². The van der Waals surface area contributed by atoms with Crippen LogP contribution in [-0.2, 0) is 22.6 Å². The molecule has 2 aliphatic heterocycles. The Morgan fingerprint density at radius 1 is 1.21 bits per heavy atom. The highest BCUT2D eigenvalue weighted by Gasteiger charge is 2.42. The minimum absolute atomic E-state index is 0.0687. The maximum absolute atomic E-state index is 13.4. The first-order chi connectivity index (χ1) is 16.5. The van der Waals surface area contributed by atoms with Crippen LogP contribution in [0.2, 0.25) is 0 Å². The maximum Gasteiger partial charge on any atom is 0.228 e. The number of hydrogen-bond donors (Lipinski definition) is 1. The van der Waals surface area contributed by atoms with E-state index in [4.69, 9.17) is 4.74 Å². The van der Waals surface area contributed by atoms with Gasteiger partial charge in [0.2, 0.25) is 11.8 Å². The third kappa shape index (κ3) is 5.62. The van der Waals surface area contributed by atoms with Gasteiger partial charge in [-0.2, -0.15) is 0 Å². The van der Waals surface area contributed by atoms with Crippen molar-refractivity contribution in [1.82, 2.24) is 19.8 Å².